The molecule has 0 aliphatic rings. The van der Waals surface area contributed by atoms with Crippen LogP contribution in [0.15, 0.2) is 24.3 Å². The van der Waals surface area contributed by atoms with Gasteiger partial charge in [0.2, 0.25) is 0 Å². The Hall–Kier alpha value is -2.04. The van der Waals surface area contributed by atoms with Crippen molar-refractivity contribution >= 4 is 12.1 Å². The molecule has 0 aliphatic carbocycles. The summed E-state index contributed by atoms with van der Waals surface area (Å²) in [6, 6.07) is 6.26. The van der Waals surface area contributed by atoms with Crippen LogP contribution in [0.1, 0.15) is 12.0 Å². The predicted octanol–water partition coefficient (Wildman–Crippen LogP) is 1.76. The molecule has 0 bridgehead atoms. The number of hydrogen-bond donors (Lipinski definition) is 2. The molecule has 2 N–H and O–H groups in total. The fraction of sp³-hybridized carbons (Fsp3) is 0.200. The molecule has 0 spiro atoms. The summed E-state index contributed by atoms with van der Waals surface area (Å²) in [6.07, 6.45) is -0.893. The SMILES string of the molecule is O=C(O)CCc1ccc(OC(=O)O)cc1. The number of aryl methyl sites for hydroxylation is 1. The first-order valence-corrected chi connectivity index (χ1v) is 4.29. The van der Waals surface area contributed by atoms with Crippen molar-refractivity contribution < 1.29 is 24.5 Å². The van der Waals surface area contributed by atoms with Gasteiger partial charge in [-0.2, -0.15) is 0 Å². The molecular formula is C10H10O5. The van der Waals surface area contributed by atoms with E-state index in [1.165, 1.54) is 12.1 Å². The van der Waals surface area contributed by atoms with Crippen LogP contribution in [-0.4, -0.2) is 22.3 Å². The van der Waals surface area contributed by atoms with Crippen molar-refractivity contribution in [1.29, 1.82) is 0 Å². The largest absolute Gasteiger partial charge is 0.511 e. The number of rotatable bonds is 4. The van der Waals surface area contributed by atoms with Crippen molar-refractivity contribution in [3.63, 3.8) is 0 Å². The lowest BCUT2D eigenvalue weighted by atomic mass is 10.1. The highest BCUT2D eigenvalue weighted by molar-refractivity contribution is 5.67. The van der Waals surface area contributed by atoms with Crippen molar-refractivity contribution in [1.82, 2.24) is 0 Å². The summed E-state index contributed by atoms with van der Waals surface area (Å²) in [4.78, 5) is 20.5. The molecule has 80 valence electrons. The van der Waals surface area contributed by atoms with Gasteiger partial charge in [-0.25, -0.2) is 4.79 Å². The molecule has 1 aromatic carbocycles. The Kier molecular flexibility index (Phi) is 3.68. The zero-order valence-corrected chi connectivity index (χ0v) is 7.84. The van der Waals surface area contributed by atoms with Crippen molar-refractivity contribution in [3.05, 3.63) is 29.8 Å². The van der Waals surface area contributed by atoms with Gasteiger partial charge in [0.25, 0.3) is 0 Å². The second-order valence-corrected chi connectivity index (χ2v) is 2.91. The summed E-state index contributed by atoms with van der Waals surface area (Å²) in [5.74, 6) is -0.637. The summed E-state index contributed by atoms with van der Waals surface area (Å²) < 4.78 is 4.40. The van der Waals surface area contributed by atoms with Gasteiger partial charge >= 0.3 is 12.1 Å². The Labute approximate surface area is 85.9 Å². The zero-order chi connectivity index (χ0) is 11.3. The van der Waals surface area contributed by atoms with E-state index in [2.05, 4.69) is 4.74 Å². The highest BCUT2D eigenvalue weighted by Gasteiger charge is 2.02. The molecule has 1 aromatic rings. The van der Waals surface area contributed by atoms with E-state index in [0.717, 1.165) is 5.56 Å². The van der Waals surface area contributed by atoms with Gasteiger partial charge in [-0.1, -0.05) is 12.1 Å². The summed E-state index contributed by atoms with van der Waals surface area (Å²) in [5, 5.41) is 16.8. The molecule has 0 saturated heterocycles. The Morgan fingerprint density at radius 1 is 1.13 bits per heavy atom. The molecule has 0 atom stereocenters. The molecular weight excluding hydrogens is 200 g/mol. The first kappa shape index (κ1) is 11.0. The third-order valence-corrected chi connectivity index (χ3v) is 1.76. The van der Waals surface area contributed by atoms with E-state index in [0.29, 0.717) is 6.42 Å². The van der Waals surface area contributed by atoms with Crippen molar-refractivity contribution in [2.75, 3.05) is 0 Å². The number of ether oxygens (including phenoxy) is 1. The number of benzene rings is 1. The Balaban J connectivity index is 2.56. The second-order valence-electron chi connectivity index (χ2n) is 2.91. The standard InChI is InChI=1S/C10H10O5/c11-9(12)6-3-7-1-4-8(5-2-7)15-10(13)14/h1-2,4-5H,3,6H2,(H,11,12)(H,13,14). The van der Waals surface area contributed by atoms with Crippen LogP contribution >= 0.6 is 0 Å². The zero-order valence-electron chi connectivity index (χ0n) is 7.84. The second kappa shape index (κ2) is 4.99. The normalized spacial score (nSPS) is 9.60. The minimum atomic E-state index is -1.37. The maximum absolute atomic E-state index is 10.3. The minimum Gasteiger partial charge on any atom is -0.481 e. The molecule has 0 fully saturated rings. The Morgan fingerprint density at radius 3 is 2.20 bits per heavy atom. The lowest BCUT2D eigenvalue weighted by Gasteiger charge is -2.01. The van der Waals surface area contributed by atoms with Crippen LogP contribution in [0.2, 0.25) is 0 Å². The van der Waals surface area contributed by atoms with Gasteiger partial charge in [-0.3, -0.25) is 4.79 Å². The van der Waals surface area contributed by atoms with Crippen LogP contribution < -0.4 is 4.74 Å². The van der Waals surface area contributed by atoms with Crippen LogP contribution in [0.5, 0.6) is 5.75 Å². The average Bonchev–Trinajstić information content (AvgIpc) is 2.16. The summed E-state index contributed by atoms with van der Waals surface area (Å²) in [5.41, 5.74) is 0.829. The summed E-state index contributed by atoms with van der Waals surface area (Å²) in [7, 11) is 0. The summed E-state index contributed by atoms with van der Waals surface area (Å²) in [6.45, 7) is 0. The first-order valence-electron chi connectivity index (χ1n) is 4.29. The van der Waals surface area contributed by atoms with Gasteiger partial charge < -0.3 is 14.9 Å². The van der Waals surface area contributed by atoms with Crippen LogP contribution in [0, 0.1) is 0 Å². The third kappa shape index (κ3) is 4.12. The third-order valence-electron chi connectivity index (χ3n) is 1.76. The van der Waals surface area contributed by atoms with Crippen LogP contribution in [0.4, 0.5) is 4.79 Å². The molecule has 0 aliphatic heterocycles. The first-order chi connectivity index (χ1) is 7.08. The maximum Gasteiger partial charge on any atom is 0.511 e. The molecule has 0 radical (unpaired) electrons. The molecule has 15 heavy (non-hydrogen) atoms. The molecule has 0 amide bonds. The van der Waals surface area contributed by atoms with E-state index in [1.54, 1.807) is 12.1 Å². The quantitative estimate of drug-likeness (QED) is 0.584. The van der Waals surface area contributed by atoms with Gasteiger partial charge in [0, 0.05) is 6.42 Å². The minimum absolute atomic E-state index is 0.0547. The lowest BCUT2D eigenvalue weighted by molar-refractivity contribution is -0.136. The molecule has 5 heteroatoms. The average molecular weight is 210 g/mol. The number of hydrogen-bond acceptors (Lipinski definition) is 3. The molecule has 0 aromatic heterocycles. The van der Waals surface area contributed by atoms with E-state index < -0.39 is 12.1 Å². The Bertz CT molecular complexity index is 355. The van der Waals surface area contributed by atoms with E-state index in [-0.39, 0.29) is 12.2 Å². The highest BCUT2D eigenvalue weighted by Crippen LogP contribution is 2.13. The smallest absolute Gasteiger partial charge is 0.481 e. The fourth-order valence-corrected chi connectivity index (χ4v) is 1.08. The molecule has 0 heterocycles. The Morgan fingerprint density at radius 2 is 1.73 bits per heavy atom. The fourth-order valence-electron chi connectivity index (χ4n) is 1.08. The maximum atomic E-state index is 10.3. The van der Waals surface area contributed by atoms with E-state index >= 15 is 0 Å². The number of carboxylic acid groups (broad SMARTS) is 2. The lowest BCUT2D eigenvalue weighted by Crippen LogP contribution is -2.03. The number of carbonyl (C=O) groups is 2. The van der Waals surface area contributed by atoms with E-state index in [1.807, 2.05) is 0 Å². The highest BCUT2D eigenvalue weighted by atomic mass is 16.7. The van der Waals surface area contributed by atoms with Gasteiger partial charge in [0.05, 0.1) is 0 Å². The van der Waals surface area contributed by atoms with Gasteiger partial charge in [-0.05, 0) is 24.1 Å². The number of carboxylic acids is 1. The molecule has 1 rings (SSSR count). The molecule has 0 unspecified atom stereocenters. The van der Waals surface area contributed by atoms with Crippen LogP contribution in [-0.2, 0) is 11.2 Å². The predicted molar refractivity (Wildman–Crippen MR) is 51.1 cm³/mol. The molecule has 5 nitrogen and oxygen atoms in total. The van der Waals surface area contributed by atoms with Gasteiger partial charge in [0.15, 0.2) is 0 Å². The van der Waals surface area contributed by atoms with Crippen molar-refractivity contribution in [2.45, 2.75) is 12.8 Å². The van der Waals surface area contributed by atoms with Gasteiger partial charge in [-0.15, -0.1) is 0 Å². The summed E-state index contributed by atoms with van der Waals surface area (Å²) >= 11 is 0. The van der Waals surface area contributed by atoms with Crippen molar-refractivity contribution in [3.8, 4) is 5.75 Å². The molecule has 0 saturated carbocycles. The van der Waals surface area contributed by atoms with Crippen LogP contribution in [0.3, 0.4) is 0 Å². The van der Waals surface area contributed by atoms with E-state index in [4.69, 9.17) is 10.2 Å². The van der Waals surface area contributed by atoms with Crippen LogP contribution in [0.25, 0.3) is 0 Å². The monoisotopic (exact) mass is 210 g/mol. The van der Waals surface area contributed by atoms with Gasteiger partial charge in [0.1, 0.15) is 5.75 Å². The van der Waals surface area contributed by atoms with Crippen molar-refractivity contribution in [2.24, 2.45) is 0 Å². The van der Waals surface area contributed by atoms with E-state index in [9.17, 15) is 9.59 Å². The topological polar surface area (TPSA) is 83.8 Å². The number of aliphatic carboxylic acids is 1.